The van der Waals surface area contributed by atoms with Crippen molar-refractivity contribution < 1.29 is 13.2 Å². The lowest BCUT2D eigenvalue weighted by molar-refractivity contribution is -0.158. The van der Waals surface area contributed by atoms with Gasteiger partial charge in [-0.15, -0.1) is 9.24 Å². The van der Waals surface area contributed by atoms with Crippen LogP contribution in [0.1, 0.15) is 25.7 Å². The lowest BCUT2D eigenvalue weighted by Gasteiger charge is -2.26. The molecule has 0 spiro atoms. The summed E-state index contributed by atoms with van der Waals surface area (Å²) in [6.45, 7) is 0. The molecule has 1 unspecified atom stereocenters. The van der Waals surface area contributed by atoms with E-state index in [2.05, 4.69) is 0 Å². The molecule has 0 aliphatic heterocycles. The minimum absolute atomic E-state index is 0.279. The second-order valence-electron chi connectivity index (χ2n) is 2.86. The molecule has 0 bridgehead atoms. The summed E-state index contributed by atoms with van der Waals surface area (Å²) in [6.07, 6.45) is -2.04. The van der Waals surface area contributed by atoms with Crippen molar-refractivity contribution in [3.8, 4) is 0 Å². The molecule has 1 rings (SSSR count). The average Bonchev–Trinajstić information content (AvgIpc) is 2.13. The second kappa shape index (κ2) is 2.37. The highest BCUT2D eigenvalue weighted by Gasteiger charge is 2.52. The predicted octanol–water partition coefficient (Wildman–Crippen LogP) is 2.74. The normalized spacial score (nSPS) is 25.2. The molecule has 0 N–H and O–H groups in total. The first kappa shape index (κ1) is 8.32. The van der Waals surface area contributed by atoms with E-state index < -0.39 is 11.3 Å². The molecule has 1 fully saturated rings. The Morgan fingerprint density at radius 2 is 1.50 bits per heavy atom. The highest BCUT2D eigenvalue weighted by atomic mass is 31.0. The Labute approximate surface area is 60.4 Å². The molecule has 1 aliphatic carbocycles. The van der Waals surface area contributed by atoms with Gasteiger partial charge in [-0.1, -0.05) is 12.8 Å². The summed E-state index contributed by atoms with van der Waals surface area (Å²) in [4.78, 5) is 0. The number of hydrogen-bond donors (Lipinski definition) is 0. The van der Waals surface area contributed by atoms with Gasteiger partial charge in [-0.05, 0) is 12.8 Å². The maximum atomic E-state index is 12.1. The molecule has 0 nitrogen and oxygen atoms in total. The molecule has 0 radical (unpaired) electrons. The third kappa shape index (κ3) is 1.29. The first-order chi connectivity index (χ1) is 4.46. The smallest absolute Gasteiger partial charge is 0.170 e. The van der Waals surface area contributed by atoms with Crippen LogP contribution in [0.25, 0.3) is 0 Å². The van der Waals surface area contributed by atoms with Crippen molar-refractivity contribution in [2.75, 3.05) is 0 Å². The van der Waals surface area contributed by atoms with E-state index in [1.165, 1.54) is 0 Å². The van der Waals surface area contributed by atoms with Gasteiger partial charge in [0, 0.05) is 0 Å². The SMILES string of the molecule is FC(F)(F)C1(P)CCCC1. The molecule has 0 amide bonds. The van der Waals surface area contributed by atoms with Gasteiger partial charge in [-0.2, -0.15) is 13.2 Å². The minimum atomic E-state index is -4.02. The van der Waals surface area contributed by atoms with Crippen LogP contribution in [-0.2, 0) is 0 Å². The van der Waals surface area contributed by atoms with E-state index >= 15 is 0 Å². The molecule has 60 valence electrons. The van der Waals surface area contributed by atoms with Crippen molar-refractivity contribution in [3.63, 3.8) is 0 Å². The molecule has 0 aromatic heterocycles. The first-order valence-corrected chi connectivity index (χ1v) is 3.89. The van der Waals surface area contributed by atoms with E-state index in [9.17, 15) is 13.2 Å². The molecule has 1 saturated carbocycles. The quantitative estimate of drug-likeness (QED) is 0.490. The van der Waals surface area contributed by atoms with Crippen molar-refractivity contribution in [1.29, 1.82) is 0 Å². The fraction of sp³-hybridized carbons (Fsp3) is 1.00. The maximum Gasteiger partial charge on any atom is 0.397 e. The van der Waals surface area contributed by atoms with Crippen LogP contribution in [-0.4, -0.2) is 11.3 Å². The Balaban J connectivity index is 2.67. The number of alkyl halides is 3. The van der Waals surface area contributed by atoms with Gasteiger partial charge in [0.2, 0.25) is 0 Å². The van der Waals surface area contributed by atoms with Gasteiger partial charge in [-0.25, -0.2) is 0 Å². The Morgan fingerprint density at radius 3 is 1.70 bits per heavy atom. The van der Waals surface area contributed by atoms with Gasteiger partial charge >= 0.3 is 6.18 Å². The van der Waals surface area contributed by atoms with E-state index in [1.807, 2.05) is 9.24 Å². The molecule has 0 heterocycles. The molecule has 1 atom stereocenters. The number of hydrogen-bond acceptors (Lipinski definition) is 0. The van der Waals surface area contributed by atoms with Gasteiger partial charge in [-0.3, -0.25) is 0 Å². The van der Waals surface area contributed by atoms with Gasteiger partial charge in [0.1, 0.15) is 0 Å². The molecule has 1 aliphatic rings. The fourth-order valence-corrected chi connectivity index (χ4v) is 1.70. The van der Waals surface area contributed by atoms with Crippen LogP contribution in [0.5, 0.6) is 0 Å². The largest absolute Gasteiger partial charge is 0.397 e. The van der Waals surface area contributed by atoms with Gasteiger partial charge in [0.25, 0.3) is 0 Å². The first-order valence-electron chi connectivity index (χ1n) is 3.31. The van der Waals surface area contributed by atoms with Crippen molar-refractivity contribution in [2.24, 2.45) is 0 Å². The van der Waals surface area contributed by atoms with Crippen LogP contribution in [0, 0.1) is 0 Å². The lowest BCUT2D eigenvalue weighted by Crippen LogP contribution is -2.35. The molecule has 10 heavy (non-hydrogen) atoms. The van der Waals surface area contributed by atoms with Gasteiger partial charge in [0.05, 0.1) is 5.16 Å². The minimum Gasteiger partial charge on any atom is -0.170 e. The Bertz CT molecular complexity index is 123. The summed E-state index contributed by atoms with van der Waals surface area (Å²) >= 11 is 0. The van der Waals surface area contributed by atoms with Crippen LogP contribution >= 0.6 is 9.24 Å². The zero-order valence-electron chi connectivity index (χ0n) is 5.54. The highest BCUT2D eigenvalue weighted by molar-refractivity contribution is 7.19. The summed E-state index contributed by atoms with van der Waals surface area (Å²) in [5.74, 6) is 0. The van der Waals surface area contributed by atoms with Crippen LogP contribution in [0.2, 0.25) is 0 Å². The maximum absolute atomic E-state index is 12.1. The van der Waals surface area contributed by atoms with E-state index in [0.717, 1.165) is 0 Å². The monoisotopic (exact) mass is 170 g/mol. The predicted molar refractivity (Wildman–Crippen MR) is 37.0 cm³/mol. The summed E-state index contributed by atoms with van der Waals surface area (Å²) in [5, 5.41) is -1.45. The van der Waals surface area contributed by atoms with Crippen molar-refractivity contribution in [2.45, 2.75) is 37.0 Å². The third-order valence-electron chi connectivity index (χ3n) is 2.06. The lowest BCUT2D eigenvalue weighted by atomic mass is 10.1. The third-order valence-corrected chi connectivity index (χ3v) is 2.97. The average molecular weight is 170 g/mol. The summed E-state index contributed by atoms with van der Waals surface area (Å²) in [7, 11) is 1.95. The molecule has 0 saturated heterocycles. The van der Waals surface area contributed by atoms with Crippen molar-refractivity contribution >= 4 is 9.24 Å². The summed E-state index contributed by atoms with van der Waals surface area (Å²) in [5.41, 5.74) is 0. The summed E-state index contributed by atoms with van der Waals surface area (Å²) < 4.78 is 36.4. The standard InChI is InChI=1S/C6H10F3P/c7-6(8,9)5(10)3-1-2-4-5/h1-4,10H2. The molecule has 0 aromatic rings. The molecule has 0 aromatic carbocycles. The van der Waals surface area contributed by atoms with Crippen LogP contribution in [0.4, 0.5) is 13.2 Å². The van der Waals surface area contributed by atoms with Crippen LogP contribution in [0.3, 0.4) is 0 Å². The highest BCUT2D eigenvalue weighted by Crippen LogP contribution is 2.49. The second-order valence-corrected chi connectivity index (χ2v) is 3.97. The van der Waals surface area contributed by atoms with Crippen molar-refractivity contribution in [3.05, 3.63) is 0 Å². The van der Waals surface area contributed by atoms with Crippen LogP contribution < -0.4 is 0 Å². The Kier molecular flexibility index (Phi) is 1.97. The zero-order chi connectivity index (χ0) is 7.83. The van der Waals surface area contributed by atoms with Crippen molar-refractivity contribution in [1.82, 2.24) is 0 Å². The van der Waals surface area contributed by atoms with E-state index in [4.69, 9.17) is 0 Å². The van der Waals surface area contributed by atoms with E-state index in [1.54, 1.807) is 0 Å². The molecular weight excluding hydrogens is 160 g/mol. The number of halogens is 3. The van der Waals surface area contributed by atoms with Gasteiger partial charge < -0.3 is 0 Å². The topological polar surface area (TPSA) is 0 Å². The Hall–Kier alpha value is 0.220. The number of rotatable bonds is 0. The zero-order valence-corrected chi connectivity index (χ0v) is 6.69. The molecule has 4 heteroatoms. The van der Waals surface area contributed by atoms with Crippen LogP contribution in [0.15, 0.2) is 0 Å². The van der Waals surface area contributed by atoms with Gasteiger partial charge in [0.15, 0.2) is 0 Å². The summed E-state index contributed by atoms with van der Waals surface area (Å²) in [6, 6.07) is 0. The Morgan fingerprint density at radius 1 is 1.10 bits per heavy atom. The van der Waals surface area contributed by atoms with E-state index in [0.29, 0.717) is 12.8 Å². The van der Waals surface area contributed by atoms with E-state index in [-0.39, 0.29) is 12.8 Å². The molecular formula is C6H10F3P. The fourth-order valence-electron chi connectivity index (χ4n) is 1.29.